The Labute approximate surface area is 154 Å². The molecule has 0 bridgehead atoms. The van der Waals surface area contributed by atoms with Crippen LogP contribution in [-0.2, 0) is 19.1 Å². The van der Waals surface area contributed by atoms with E-state index in [1.54, 1.807) is 19.3 Å². The molecule has 0 amide bonds. The van der Waals surface area contributed by atoms with Crippen molar-refractivity contribution in [2.75, 3.05) is 14.2 Å². The number of hydrogen-bond donors (Lipinski definition) is 0. The first-order valence-electron chi connectivity index (χ1n) is 9.19. The van der Waals surface area contributed by atoms with E-state index in [1.165, 1.54) is 7.11 Å². The first-order valence-corrected chi connectivity index (χ1v) is 9.19. The Bertz CT molecular complexity index is 716. The molecular formula is C21H27FO4. The van der Waals surface area contributed by atoms with Gasteiger partial charge in [-0.15, -0.1) is 0 Å². The van der Waals surface area contributed by atoms with Gasteiger partial charge in [-0.1, -0.05) is 6.08 Å². The monoisotopic (exact) mass is 362 g/mol. The first kappa shape index (κ1) is 18.9. The molecule has 0 aromatic rings. The summed E-state index contributed by atoms with van der Waals surface area (Å²) in [6.45, 7) is 3.69. The van der Waals surface area contributed by atoms with Gasteiger partial charge in [-0.3, -0.25) is 9.59 Å². The van der Waals surface area contributed by atoms with E-state index in [-0.39, 0.29) is 24.1 Å². The second-order valence-corrected chi connectivity index (χ2v) is 8.14. The number of ketones is 1. The van der Waals surface area contributed by atoms with Crippen molar-refractivity contribution in [3.8, 4) is 0 Å². The SMILES string of the molecule is COC(=O)C1(C)CC=C(C2=CC(OC)=CCC2F)C(C)(C(=O)C2CC2)C1. The molecule has 1 saturated carbocycles. The second-order valence-electron chi connectivity index (χ2n) is 8.14. The molecule has 0 N–H and O–H groups in total. The third-order valence-corrected chi connectivity index (χ3v) is 5.97. The Morgan fingerprint density at radius 2 is 1.88 bits per heavy atom. The Balaban J connectivity index is 2.06. The lowest BCUT2D eigenvalue weighted by Crippen LogP contribution is -2.45. The van der Waals surface area contributed by atoms with Gasteiger partial charge >= 0.3 is 5.97 Å². The number of ether oxygens (including phenoxy) is 2. The number of allylic oxidation sites excluding steroid dienone is 5. The highest BCUT2D eigenvalue weighted by molar-refractivity contribution is 5.94. The van der Waals surface area contributed by atoms with Crippen LogP contribution in [0.15, 0.2) is 35.1 Å². The summed E-state index contributed by atoms with van der Waals surface area (Å²) in [4.78, 5) is 25.6. The first-order chi connectivity index (χ1) is 12.2. The Hall–Kier alpha value is -1.91. The van der Waals surface area contributed by atoms with Gasteiger partial charge in [0.05, 0.1) is 25.0 Å². The van der Waals surface area contributed by atoms with Crippen LogP contribution in [0.2, 0.25) is 0 Å². The summed E-state index contributed by atoms with van der Waals surface area (Å²) in [5, 5.41) is 0. The fraction of sp³-hybridized carbons (Fsp3) is 0.619. The third-order valence-electron chi connectivity index (χ3n) is 5.97. The summed E-state index contributed by atoms with van der Waals surface area (Å²) in [6, 6.07) is 0. The Kier molecular flexibility index (Phi) is 4.84. The number of carbonyl (C=O) groups is 2. The standard InChI is InChI=1S/C21H27FO4/c1-20(19(24)26-4)10-9-16(15-11-14(25-3)7-8-17(15)22)21(2,12-20)18(23)13-5-6-13/h7,9,11,13,17H,5-6,8,10,12H2,1-4H3. The van der Waals surface area contributed by atoms with E-state index in [1.807, 2.05) is 19.9 Å². The minimum Gasteiger partial charge on any atom is -0.497 e. The normalized spacial score (nSPS) is 34.3. The van der Waals surface area contributed by atoms with E-state index in [0.717, 1.165) is 12.8 Å². The minimum atomic E-state index is -1.17. The molecule has 1 fully saturated rings. The van der Waals surface area contributed by atoms with Crippen LogP contribution in [0, 0.1) is 16.7 Å². The molecular weight excluding hydrogens is 335 g/mol. The van der Waals surface area contributed by atoms with Crippen LogP contribution in [0.25, 0.3) is 0 Å². The molecule has 0 saturated heterocycles. The van der Waals surface area contributed by atoms with E-state index in [2.05, 4.69) is 0 Å². The summed E-state index contributed by atoms with van der Waals surface area (Å²) in [5.74, 6) is 0.412. The number of hydrogen-bond acceptors (Lipinski definition) is 4. The van der Waals surface area contributed by atoms with E-state index < -0.39 is 17.0 Å². The van der Waals surface area contributed by atoms with Crippen molar-refractivity contribution >= 4 is 11.8 Å². The van der Waals surface area contributed by atoms with Gasteiger partial charge in [0.1, 0.15) is 17.7 Å². The molecule has 5 heteroatoms. The zero-order chi connectivity index (χ0) is 19.1. The maximum Gasteiger partial charge on any atom is 0.311 e. The Morgan fingerprint density at radius 1 is 1.19 bits per heavy atom. The highest BCUT2D eigenvalue weighted by atomic mass is 19.1. The molecule has 0 heterocycles. The number of halogens is 1. The molecule has 26 heavy (non-hydrogen) atoms. The van der Waals surface area contributed by atoms with E-state index in [0.29, 0.717) is 29.7 Å². The molecule has 3 atom stereocenters. The largest absolute Gasteiger partial charge is 0.497 e. The van der Waals surface area contributed by atoms with Gasteiger partial charge in [0, 0.05) is 12.3 Å². The molecule has 0 aliphatic heterocycles. The van der Waals surface area contributed by atoms with Gasteiger partial charge < -0.3 is 9.47 Å². The summed E-state index contributed by atoms with van der Waals surface area (Å²) < 4.78 is 25.0. The van der Waals surface area contributed by atoms with Crippen molar-refractivity contribution < 1.29 is 23.5 Å². The highest BCUT2D eigenvalue weighted by Gasteiger charge is 2.53. The topological polar surface area (TPSA) is 52.6 Å². The summed E-state index contributed by atoms with van der Waals surface area (Å²) in [7, 11) is 2.92. The molecule has 3 unspecified atom stereocenters. The smallest absolute Gasteiger partial charge is 0.311 e. The summed E-state index contributed by atoms with van der Waals surface area (Å²) in [6.07, 6.45) is 6.86. The Morgan fingerprint density at radius 3 is 2.46 bits per heavy atom. The van der Waals surface area contributed by atoms with Gasteiger partial charge in [0.2, 0.25) is 0 Å². The van der Waals surface area contributed by atoms with Crippen LogP contribution in [0.4, 0.5) is 4.39 Å². The quantitative estimate of drug-likeness (QED) is 0.692. The predicted molar refractivity (Wildman–Crippen MR) is 96.0 cm³/mol. The van der Waals surface area contributed by atoms with Crippen LogP contribution in [0.3, 0.4) is 0 Å². The lowest BCUT2D eigenvalue weighted by atomic mass is 9.59. The maximum atomic E-state index is 14.8. The lowest BCUT2D eigenvalue weighted by Gasteiger charge is -2.43. The molecule has 3 aliphatic rings. The van der Waals surface area contributed by atoms with Crippen molar-refractivity contribution in [1.82, 2.24) is 0 Å². The average Bonchev–Trinajstić information content (AvgIpc) is 3.46. The van der Waals surface area contributed by atoms with Crippen molar-refractivity contribution in [3.05, 3.63) is 35.1 Å². The molecule has 0 spiro atoms. The number of carbonyl (C=O) groups excluding carboxylic acids is 2. The van der Waals surface area contributed by atoms with Crippen LogP contribution >= 0.6 is 0 Å². The highest BCUT2D eigenvalue weighted by Crippen LogP contribution is 2.54. The fourth-order valence-corrected chi connectivity index (χ4v) is 4.39. The summed E-state index contributed by atoms with van der Waals surface area (Å²) >= 11 is 0. The van der Waals surface area contributed by atoms with Crippen molar-refractivity contribution in [3.63, 3.8) is 0 Å². The number of rotatable bonds is 5. The molecule has 3 aliphatic carbocycles. The molecule has 0 aromatic carbocycles. The van der Waals surface area contributed by atoms with E-state index in [4.69, 9.17) is 9.47 Å². The second kappa shape index (κ2) is 6.67. The molecule has 3 rings (SSSR count). The van der Waals surface area contributed by atoms with E-state index in [9.17, 15) is 14.0 Å². The zero-order valence-corrected chi connectivity index (χ0v) is 15.9. The molecule has 0 aromatic heterocycles. The lowest BCUT2D eigenvalue weighted by molar-refractivity contribution is -0.154. The number of alkyl halides is 1. The van der Waals surface area contributed by atoms with Crippen LogP contribution in [0.5, 0.6) is 0 Å². The number of Topliss-reactive ketones (excluding diaryl/α,β-unsaturated/α-hetero) is 1. The predicted octanol–water partition coefficient (Wildman–Crippen LogP) is 4.07. The molecule has 142 valence electrons. The van der Waals surface area contributed by atoms with Crippen LogP contribution < -0.4 is 0 Å². The maximum absolute atomic E-state index is 14.8. The van der Waals surface area contributed by atoms with Gasteiger partial charge in [-0.05, 0) is 62.8 Å². The van der Waals surface area contributed by atoms with Gasteiger partial charge in [0.15, 0.2) is 0 Å². The zero-order valence-electron chi connectivity index (χ0n) is 15.9. The van der Waals surface area contributed by atoms with Crippen LogP contribution in [0.1, 0.15) is 46.0 Å². The minimum absolute atomic E-state index is 0.0167. The van der Waals surface area contributed by atoms with Gasteiger partial charge in [0.25, 0.3) is 0 Å². The van der Waals surface area contributed by atoms with Crippen molar-refractivity contribution in [1.29, 1.82) is 0 Å². The van der Waals surface area contributed by atoms with Crippen molar-refractivity contribution in [2.45, 2.75) is 52.1 Å². The van der Waals surface area contributed by atoms with Gasteiger partial charge in [-0.2, -0.15) is 0 Å². The fourth-order valence-electron chi connectivity index (χ4n) is 4.39. The van der Waals surface area contributed by atoms with Crippen LogP contribution in [-0.4, -0.2) is 32.1 Å². The van der Waals surface area contributed by atoms with Crippen molar-refractivity contribution in [2.24, 2.45) is 16.7 Å². The molecule has 0 radical (unpaired) electrons. The number of methoxy groups -OCH3 is 2. The summed E-state index contributed by atoms with van der Waals surface area (Å²) in [5.41, 5.74) is -0.452. The van der Waals surface area contributed by atoms with E-state index >= 15 is 0 Å². The number of esters is 1. The average molecular weight is 362 g/mol. The molecule has 4 nitrogen and oxygen atoms in total. The van der Waals surface area contributed by atoms with Gasteiger partial charge in [-0.25, -0.2) is 4.39 Å². The third kappa shape index (κ3) is 3.12.